The third kappa shape index (κ3) is 4.19. The number of methoxy groups -OCH3 is 2. The molecule has 2 atom stereocenters. The minimum atomic E-state index is -0.644. The Morgan fingerprint density at radius 2 is 1.78 bits per heavy atom. The molecule has 2 aliphatic heterocycles. The van der Waals surface area contributed by atoms with E-state index in [1.807, 2.05) is 25.3 Å². The molecule has 0 aliphatic carbocycles. The lowest BCUT2D eigenvalue weighted by atomic mass is 9.92. The summed E-state index contributed by atoms with van der Waals surface area (Å²) in [6, 6.07) is 12.4. The molecule has 0 aromatic heterocycles. The van der Waals surface area contributed by atoms with Crippen molar-refractivity contribution >= 4 is 17.2 Å². The number of β-amino-alcohol motifs (C(OH)–C–C–N with tert-alkyl or cyclic N) is 1. The first kappa shape index (κ1) is 22.2. The van der Waals surface area contributed by atoms with Crippen molar-refractivity contribution in [3.63, 3.8) is 0 Å². The fourth-order valence-electron chi connectivity index (χ4n) is 4.74. The highest BCUT2D eigenvalue weighted by molar-refractivity contribution is 5.87. The first-order valence-electron chi connectivity index (χ1n) is 11.1. The van der Waals surface area contributed by atoms with Gasteiger partial charge in [-0.05, 0) is 67.6 Å². The number of anilines is 1. The van der Waals surface area contributed by atoms with Crippen LogP contribution in [-0.2, 0) is 11.2 Å². The molecule has 170 valence electrons. The van der Waals surface area contributed by atoms with Gasteiger partial charge in [0.25, 0.3) is 0 Å². The Bertz CT molecular complexity index is 1040. The number of amides is 1. The normalized spacial score (nSPS) is 22.8. The van der Waals surface area contributed by atoms with Crippen molar-refractivity contribution < 1.29 is 19.4 Å². The van der Waals surface area contributed by atoms with Gasteiger partial charge in [0.2, 0.25) is 5.91 Å². The van der Waals surface area contributed by atoms with Gasteiger partial charge < -0.3 is 24.4 Å². The zero-order chi connectivity index (χ0) is 23.0. The molecule has 1 amide bonds. The molecule has 1 fully saturated rings. The molecule has 1 N–H and O–H groups in total. The molecule has 0 bridgehead atoms. The fourth-order valence-corrected chi connectivity index (χ4v) is 4.74. The van der Waals surface area contributed by atoms with Crippen LogP contribution >= 0.6 is 0 Å². The van der Waals surface area contributed by atoms with Gasteiger partial charge in [0, 0.05) is 43.5 Å². The maximum Gasteiger partial charge on any atom is 0.223 e. The number of rotatable bonds is 4. The average Bonchev–Trinajstić information content (AvgIpc) is 3.06. The second kappa shape index (κ2) is 8.51. The summed E-state index contributed by atoms with van der Waals surface area (Å²) < 4.78 is 11.1. The Morgan fingerprint density at radius 1 is 1.12 bits per heavy atom. The largest absolute Gasteiger partial charge is 0.493 e. The molecule has 32 heavy (non-hydrogen) atoms. The Morgan fingerprint density at radius 3 is 2.34 bits per heavy atom. The molecule has 2 aliphatic rings. The molecule has 1 unspecified atom stereocenters. The van der Waals surface area contributed by atoms with Crippen molar-refractivity contribution in [2.75, 3.05) is 32.2 Å². The van der Waals surface area contributed by atoms with Crippen molar-refractivity contribution in [3.8, 4) is 11.5 Å². The summed E-state index contributed by atoms with van der Waals surface area (Å²) in [4.78, 5) is 16.4. The maximum atomic E-state index is 12.4. The van der Waals surface area contributed by atoms with Gasteiger partial charge in [0.15, 0.2) is 11.5 Å². The molecule has 0 saturated carbocycles. The number of aliphatic hydroxyl groups is 1. The van der Waals surface area contributed by atoms with Crippen molar-refractivity contribution in [1.29, 1.82) is 0 Å². The molecule has 0 radical (unpaired) electrons. The van der Waals surface area contributed by atoms with Crippen molar-refractivity contribution in [3.05, 3.63) is 59.3 Å². The summed E-state index contributed by atoms with van der Waals surface area (Å²) in [5, 5.41) is 10.3. The molecular formula is C26H32N2O4. The van der Waals surface area contributed by atoms with E-state index in [2.05, 4.69) is 36.1 Å². The number of carbonyl (C=O) groups is 1. The molecule has 2 aromatic carbocycles. The standard InChI is InChI=1S/C26H32N2O4/c1-17-12-20-13-24(31-4)25(32-5)14-22(20)23(15-28(17)18(2)29)19-6-8-21(9-7-19)27-11-10-26(3,30)16-27/h6-9,13-15,17,30H,10-12,16H2,1-5H3/t17-,26?/m0/s1. The zero-order valence-corrected chi connectivity index (χ0v) is 19.5. The second-order valence-electron chi connectivity index (χ2n) is 9.10. The van der Waals surface area contributed by atoms with Crippen LogP contribution in [0.1, 0.15) is 43.9 Å². The molecule has 2 heterocycles. The van der Waals surface area contributed by atoms with Crippen LogP contribution in [0.3, 0.4) is 0 Å². The Labute approximate surface area is 190 Å². The fraction of sp³-hybridized carbons (Fsp3) is 0.423. The quantitative estimate of drug-likeness (QED) is 0.789. The van der Waals surface area contributed by atoms with Crippen LogP contribution in [0.2, 0.25) is 0 Å². The van der Waals surface area contributed by atoms with Gasteiger partial charge in [0.1, 0.15) is 0 Å². The minimum Gasteiger partial charge on any atom is -0.493 e. The summed E-state index contributed by atoms with van der Waals surface area (Å²) in [5.41, 5.74) is 4.59. The summed E-state index contributed by atoms with van der Waals surface area (Å²) in [6.07, 6.45) is 3.44. The van der Waals surface area contributed by atoms with E-state index in [0.717, 1.165) is 47.3 Å². The predicted molar refractivity (Wildman–Crippen MR) is 126 cm³/mol. The van der Waals surface area contributed by atoms with Gasteiger partial charge in [-0.1, -0.05) is 12.1 Å². The molecule has 4 rings (SSSR count). The highest BCUT2D eigenvalue weighted by atomic mass is 16.5. The summed E-state index contributed by atoms with van der Waals surface area (Å²) in [6.45, 7) is 7.01. The van der Waals surface area contributed by atoms with Gasteiger partial charge in [-0.25, -0.2) is 0 Å². The van der Waals surface area contributed by atoms with Crippen molar-refractivity contribution in [2.45, 2.75) is 45.3 Å². The lowest BCUT2D eigenvalue weighted by molar-refractivity contribution is -0.127. The van der Waals surface area contributed by atoms with Crippen LogP contribution < -0.4 is 14.4 Å². The van der Waals surface area contributed by atoms with Gasteiger partial charge in [0.05, 0.1) is 19.8 Å². The molecule has 6 nitrogen and oxygen atoms in total. The number of fused-ring (bicyclic) bond motifs is 1. The maximum absolute atomic E-state index is 12.4. The molecular weight excluding hydrogens is 404 g/mol. The van der Waals surface area contributed by atoms with E-state index < -0.39 is 5.60 Å². The third-order valence-electron chi connectivity index (χ3n) is 6.52. The third-order valence-corrected chi connectivity index (χ3v) is 6.52. The molecule has 6 heteroatoms. The molecule has 2 aromatic rings. The van der Waals surface area contributed by atoms with Crippen LogP contribution in [0.15, 0.2) is 42.6 Å². The lowest BCUT2D eigenvalue weighted by Gasteiger charge is -2.23. The van der Waals surface area contributed by atoms with Gasteiger partial charge >= 0.3 is 0 Å². The topological polar surface area (TPSA) is 62.2 Å². The van der Waals surface area contributed by atoms with Crippen LogP contribution in [0.25, 0.3) is 5.57 Å². The van der Waals surface area contributed by atoms with E-state index in [4.69, 9.17) is 9.47 Å². The lowest BCUT2D eigenvalue weighted by Crippen LogP contribution is -2.33. The smallest absolute Gasteiger partial charge is 0.223 e. The van der Waals surface area contributed by atoms with Crippen LogP contribution in [0, 0.1) is 0 Å². The zero-order valence-electron chi connectivity index (χ0n) is 19.5. The highest BCUT2D eigenvalue weighted by Crippen LogP contribution is 2.39. The number of benzene rings is 2. The van der Waals surface area contributed by atoms with Crippen LogP contribution in [0.5, 0.6) is 11.5 Å². The second-order valence-corrected chi connectivity index (χ2v) is 9.10. The summed E-state index contributed by atoms with van der Waals surface area (Å²) >= 11 is 0. The average molecular weight is 437 g/mol. The number of nitrogens with zero attached hydrogens (tertiary/aromatic N) is 2. The number of hydrogen-bond donors (Lipinski definition) is 1. The van der Waals surface area contributed by atoms with E-state index in [-0.39, 0.29) is 11.9 Å². The Balaban J connectivity index is 1.78. The number of carbonyl (C=O) groups excluding carboxylic acids is 1. The number of ether oxygens (including phenoxy) is 2. The van der Waals surface area contributed by atoms with Crippen LogP contribution in [0.4, 0.5) is 5.69 Å². The highest BCUT2D eigenvalue weighted by Gasteiger charge is 2.31. The van der Waals surface area contributed by atoms with Crippen LogP contribution in [-0.4, -0.2) is 54.9 Å². The van der Waals surface area contributed by atoms with E-state index in [1.54, 1.807) is 26.0 Å². The van der Waals surface area contributed by atoms with E-state index in [9.17, 15) is 9.90 Å². The summed E-state index contributed by atoms with van der Waals surface area (Å²) in [5.74, 6) is 1.36. The van der Waals surface area contributed by atoms with Gasteiger partial charge in [-0.15, -0.1) is 0 Å². The Kier molecular flexibility index (Phi) is 5.91. The minimum absolute atomic E-state index is 0.0117. The molecule has 0 spiro atoms. The van der Waals surface area contributed by atoms with Crippen molar-refractivity contribution in [2.24, 2.45) is 0 Å². The predicted octanol–water partition coefficient (Wildman–Crippen LogP) is 3.85. The first-order valence-corrected chi connectivity index (χ1v) is 11.1. The SMILES string of the molecule is COc1cc2c(cc1OC)C(c1ccc(N3CCC(C)(O)C3)cc1)=CN(C(C)=O)[C@@H](C)C2. The number of hydrogen-bond acceptors (Lipinski definition) is 5. The van der Waals surface area contributed by atoms with E-state index in [1.165, 1.54) is 0 Å². The van der Waals surface area contributed by atoms with E-state index in [0.29, 0.717) is 18.0 Å². The molecule has 1 saturated heterocycles. The van der Waals surface area contributed by atoms with Crippen molar-refractivity contribution in [1.82, 2.24) is 4.90 Å². The van der Waals surface area contributed by atoms with E-state index >= 15 is 0 Å². The first-order chi connectivity index (χ1) is 15.2. The van der Waals surface area contributed by atoms with Gasteiger partial charge in [-0.3, -0.25) is 4.79 Å². The van der Waals surface area contributed by atoms with Gasteiger partial charge in [-0.2, -0.15) is 0 Å². The monoisotopic (exact) mass is 436 g/mol. The summed E-state index contributed by atoms with van der Waals surface area (Å²) in [7, 11) is 3.27. The Hall–Kier alpha value is -2.99.